The molecule has 102 valence electrons. The molecular formula is C14H19N3OS. The van der Waals surface area contributed by atoms with E-state index >= 15 is 0 Å². The second-order valence-corrected chi connectivity index (χ2v) is 5.62. The van der Waals surface area contributed by atoms with E-state index in [0.29, 0.717) is 10.8 Å². The van der Waals surface area contributed by atoms with Crippen molar-refractivity contribution in [3.8, 4) is 0 Å². The van der Waals surface area contributed by atoms with E-state index in [2.05, 4.69) is 10.3 Å². The standard InChI is InChI=1S/C14H19N3OS/c1-10-5-8-16-11(9-10)17-13(18)14(12(15)19)6-3-2-4-7-14/h5,8-9H,2-4,6-7H2,1H3,(H2,15,19)(H,16,17,18). The zero-order chi connectivity index (χ0) is 13.9. The Morgan fingerprint density at radius 3 is 2.68 bits per heavy atom. The predicted octanol–water partition coefficient (Wildman–Crippen LogP) is 2.57. The minimum Gasteiger partial charge on any atom is -0.392 e. The number of aryl methyl sites for hydroxylation is 1. The average molecular weight is 277 g/mol. The van der Waals surface area contributed by atoms with Gasteiger partial charge < -0.3 is 11.1 Å². The highest BCUT2D eigenvalue weighted by atomic mass is 32.1. The van der Waals surface area contributed by atoms with E-state index in [1.54, 1.807) is 6.20 Å². The maximum Gasteiger partial charge on any atom is 0.238 e. The van der Waals surface area contributed by atoms with Crippen molar-refractivity contribution in [3.63, 3.8) is 0 Å². The molecule has 1 amide bonds. The Labute approximate surface area is 118 Å². The van der Waals surface area contributed by atoms with Crippen molar-refractivity contribution in [2.75, 3.05) is 5.32 Å². The highest BCUT2D eigenvalue weighted by Crippen LogP contribution is 2.37. The molecule has 1 fully saturated rings. The molecule has 4 nitrogen and oxygen atoms in total. The Hall–Kier alpha value is -1.49. The van der Waals surface area contributed by atoms with E-state index in [-0.39, 0.29) is 5.91 Å². The number of rotatable bonds is 3. The molecule has 3 N–H and O–H groups in total. The van der Waals surface area contributed by atoms with Crippen LogP contribution in [0.25, 0.3) is 0 Å². The van der Waals surface area contributed by atoms with Crippen molar-refractivity contribution in [2.24, 2.45) is 11.1 Å². The van der Waals surface area contributed by atoms with Gasteiger partial charge in [0.05, 0.1) is 10.4 Å². The van der Waals surface area contributed by atoms with Crippen LogP contribution in [0.3, 0.4) is 0 Å². The first-order chi connectivity index (χ1) is 9.04. The summed E-state index contributed by atoms with van der Waals surface area (Å²) in [6, 6.07) is 3.73. The van der Waals surface area contributed by atoms with Crippen molar-refractivity contribution >= 4 is 28.9 Å². The minimum absolute atomic E-state index is 0.113. The number of carbonyl (C=O) groups excluding carboxylic acids is 1. The van der Waals surface area contributed by atoms with Crippen LogP contribution in [0.2, 0.25) is 0 Å². The van der Waals surface area contributed by atoms with Crippen LogP contribution < -0.4 is 11.1 Å². The lowest BCUT2D eigenvalue weighted by Crippen LogP contribution is -2.47. The molecule has 1 aliphatic carbocycles. The molecule has 1 heterocycles. The molecule has 0 atom stereocenters. The Kier molecular flexibility index (Phi) is 4.14. The van der Waals surface area contributed by atoms with Gasteiger partial charge in [-0.15, -0.1) is 0 Å². The normalized spacial score (nSPS) is 17.7. The van der Waals surface area contributed by atoms with Crippen LogP contribution in [0, 0.1) is 12.3 Å². The Balaban J connectivity index is 2.19. The second kappa shape index (κ2) is 5.65. The summed E-state index contributed by atoms with van der Waals surface area (Å²) >= 11 is 5.14. The maximum atomic E-state index is 12.5. The van der Waals surface area contributed by atoms with Gasteiger partial charge in [0.1, 0.15) is 5.82 Å². The number of amides is 1. The lowest BCUT2D eigenvalue weighted by atomic mass is 9.73. The van der Waals surface area contributed by atoms with Crippen LogP contribution >= 0.6 is 12.2 Å². The number of hydrogen-bond donors (Lipinski definition) is 2. The molecule has 0 bridgehead atoms. The Morgan fingerprint density at radius 2 is 2.11 bits per heavy atom. The molecule has 0 radical (unpaired) electrons. The number of nitrogens with one attached hydrogen (secondary N) is 1. The van der Waals surface area contributed by atoms with Gasteiger partial charge >= 0.3 is 0 Å². The first-order valence-corrected chi connectivity index (χ1v) is 6.99. The summed E-state index contributed by atoms with van der Waals surface area (Å²) in [5.74, 6) is 0.448. The van der Waals surface area contributed by atoms with E-state index in [4.69, 9.17) is 18.0 Å². The smallest absolute Gasteiger partial charge is 0.238 e. The first-order valence-electron chi connectivity index (χ1n) is 6.59. The third-order valence-electron chi connectivity index (χ3n) is 3.77. The van der Waals surface area contributed by atoms with Gasteiger partial charge in [-0.25, -0.2) is 4.98 Å². The summed E-state index contributed by atoms with van der Waals surface area (Å²) in [6.45, 7) is 1.96. The van der Waals surface area contributed by atoms with Crippen molar-refractivity contribution in [1.82, 2.24) is 4.98 Å². The molecule has 0 aliphatic heterocycles. The predicted molar refractivity (Wildman–Crippen MR) is 79.9 cm³/mol. The van der Waals surface area contributed by atoms with Crippen molar-refractivity contribution in [2.45, 2.75) is 39.0 Å². The molecule has 5 heteroatoms. The lowest BCUT2D eigenvalue weighted by Gasteiger charge is -2.34. The summed E-state index contributed by atoms with van der Waals surface area (Å²) in [5.41, 5.74) is 6.20. The summed E-state index contributed by atoms with van der Waals surface area (Å²) in [4.78, 5) is 17.0. The molecule has 1 aliphatic rings. The number of anilines is 1. The molecule has 2 rings (SSSR count). The van der Waals surface area contributed by atoms with Crippen LogP contribution in [0.4, 0.5) is 5.82 Å². The van der Waals surface area contributed by atoms with Crippen molar-refractivity contribution in [3.05, 3.63) is 23.9 Å². The summed E-state index contributed by atoms with van der Waals surface area (Å²) in [6.07, 6.45) is 6.28. The molecular weight excluding hydrogens is 258 g/mol. The molecule has 0 unspecified atom stereocenters. The summed E-state index contributed by atoms with van der Waals surface area (Å²) < 4.78 is 0. The molecule has 1 saturated carbocycles. The average Bonchev–Trinajstić information content (AvgIpc) is 2.39. The fraction of sp³-hybridized carbons (Fsp3) is 0.500. The number of thiocarbonyl (C=S) groups is 1. The zero-order valence-corrected chi connectivity index (χ0v) is 11.9. The van der Waals surface area contributed by atoms with Crippen LogP contribution in [-0.2, 0) is 4.79 Å². The summed E-state index contributed by atoms with van der Waals surface area (Å²) in [7, 11) is 0. The van der Waals surface area contributed by atoms with Crippen molar-refractivity contribution in [1.29, 1.82) is 0 Å². The monoisotopic (exact) mass is 277 g/mol. The number of nitrogens with two attached hydrogens (primary N) is 1. The van der Waals surface area contributed by atoms with E-state index in [1.807, 2.05) is 19.1 Å². The fourth-order valence-corrected chi connectivity index (χ4v) is 2.88. The van der Waals surface area contributed by atoms with E-state index in [0.717, 1.165) is 37.7 Å². The van der Waals surface area contributed by atoms with Gasteiger partial charge in [0, 0.05) is 6.20 Å². The first kappa shape index (κ1) is 13.9. The van der Waals surface area contributed by atoms with E-state index in [9.17, 15) is 4.79 Å². The van der Waals surface area contributed by atoms with Gasteiger partial charge in [-0.1, -0.05) is 31.5 Å². The van der Waals surface area contributed by atoms with Gasteiger partial charge in [0.15, 0.2) is 0 Å². The number of hydrogen-bond acceptors (Lipinski definition) is 3. The molecule has 19 heavy (non-hydrogen) atoms. The number of carbonyl (C=O) groups is 1. The SMILES string of the molecule is Cc1ccnc(NC(=O)C2(C(N)=S)CCCCC2)c1. The van der Waals surface area contributed by atoms with Crippen LogP contribution in [0.5, 0.6) is 0 Å². The third-order valence-corrected chi connectivity index (χ3v) is 4.16. The molecule has 1 aromatic heterocycles. The second-order valence-electron chi connectivity index (χ2n) is 5.18. The van der Waals surface area contributed by atoms with Crippen LogP contribution in [0.15, 0.2) is 18.3 Å². The topological polar surface area (TPSA) is 68.0 Å². The molecule has 0 saturated heterocycles. The van der Waals surface area contributed by atoms with E-state index < -0.39 is 5.41 Å². The van der Waals surface area contributed by atoms with Gasteiger partial charge in [-0.3, -0.25) is 4.79 Å². The van der Waals surface area contributed by atoms with Gasteiger partial charge in [0.2, 0.25) is 5.91 Å². The van der Waals surface area contributed by atoms with E-state index in [1.165, 1.54) is 0 Å². The highest BCUT2D eigenvalue weighted by molar-refractivity contribution is 7.80. The fourth-order valence-electron chi connectivity index (χ4n) is 2.58. The highest BCUT2D eigenvalue weighted by Gasteiger charge is 2.42. The largest absolute Gasteiger partial charge is 0.392 e. The lowest BCUT2D eigenvalue weighted by molar-refractivity contribution is -0.123. The third kappa shape index (κ3) is 2.92. The quantitative estimate of drug-likeness (QED) is 0.833. The van der Waals surface area contributed by atoms with Gasteiger partial charge in [-0.05, 0) is 37.5 Å². The van der Waals surface area contributed by atoms with Crippen LogP contribution in [0.1, 0.15) is 37.7 Å². The Morgan fingerprint density at radius 1 is 1.42 bits per heavy atom. The minimum atomic E-state index is -0.695. The van der Waals surface area contributed by atoms with Crippen molar-refractivity contribution < 1.29 is 4.79 Å². The number of pyridine rings is 1. The zero-order valence-electron chi connectivity index (χ0n) is 11.1. The van der Waals surface area contributed by atoms with Gasteiger partial charge in [-0.2, -0.15) is 0 Å². The number of nitrogens with zero attached hydrogens (tertiary/aromatic N) is 1. The maximum absolute atomic E-state index is 12.5. The van der Waals surface area contributed by atoms with Crippen LogP contribution in [-0.4, -0.2) is 15.9 Å². The van der Waals surface area contributed by atoms with Gasteiger partial charge in [0.25, 0.3) is 0 Å². The molecule has 1 aromatic rings. The number of aromatic nitrogens is 1. The Bertz CT molecular complexity index is 495. The summed E-state index contributed by atoms with van der Waals surface area (Å²) in [5, 5.41) is 2.86. The molecule has 0 spiro atoms. The molecule has 0 aromatic carbocycles.